The Morgan fingerprint density at radius 1 is 0.852 bits per heavy atom. The van der Waals surface area contributed by atoms with Crippen molar-refractivity contribution < 1.29 is 9.53 Å². The van der Waals surface area contributed by atoms with Crippen LogP contribution in [0.5, 0.6) is 5.75 Å². The number of carbonyl (C=O) groups excluding carboxylic acids is 1. The Morgan fingerprint density at radius 3 is 2.11 bits per heavy atom. The highest BCUT2D eigenvalue weighted by molar-refractivity contribution is 5.76. The zero-order chi connectivity index (χ0) is 18.9. The fourth-order valence-corrected chi connectivity index (χ4v) is 3.10. The number of nitrogens with one attached hydrogen (secondary N) is 1. The van der Waals surface area contributed by atoms with E-state index in [2.05, 4.69) is 29.6 Å². The van der Waals surface area contributed by atoms with Crippen molar-refractivity contribution in [3.63, 3.8) is 0 Å². The van der Waals surface area contributed by atoms with Gasteiger partial charge in [-0.3, -0.25) is 4.79 Å². The number of carbonyl (C=O) groups is 1. The molecule has 0 aliphatic rings. The lowest BCUT2D eigenvalue weighted by atomic mass is 9.98. The summed E-state index contributed by atoms with van der Waals surface area (Å²) in [5, 5.41) is 3.21. The topological polar surface area (TPSA) is 38.3 Å². The van der Waals surface area contributed by atoms with Crippen LogP contribution in [0.25, 0.3) is 0 Å². The Morgan fingerprint density at radius 2 is 1.48 bits per heavy atom. The standard InChI is InChI=1S/C24H25NO2/c1-27-22-15-12-19(13-16-22)14-17-24(26)25-23(21-10-6-3-7-11-21)18-20-8-4-2-5-9-20/h2-13,15-16,23H,14,17-18H2,1H3,(H,25,26). The third kappa shape index (κ3) is 5.71. The Labute approximate surface area is 161 Å². The second-order valence-electron chi connectivity index (χ2n) is 6.57. The van der Waals surface area contributed by atoms with Crippen molar-refractivity contribution in [2.45, 2.75) is 25.3 Å². The molecule has 1 N–H and O–H groups in total. The van der Waals surface area contributed by atoms with E-state index in [1.54, 1.807) is 7.11 Å². The number of methoxy groups -OCH3 is 1. The van der Waals surface area contributed by atoms with Gasteiger partial charge in [0.1, 0.15) is 5.75 Å². The van der Waals surface area contributed by atoms with E-state index in [4.69, 9.17) is 4.74 Å². The molecule has 27 heavy (non-hydrogen) atoms. The van der Waals surface area contributed by atoms with Gasteiger partial charge in [-0.2, -0.15) is 0 Å². The molecule has 0 aliphatic heterocycles. The molecule has 0 saturated carbocycles. The van der Waals surface area contributed by atoms with E-state index in [-0.39, 0.29) is 11.9 Å². The van der Waals surface area contributed by atoms with E-state index in [0.717, 1.165) is 23.3 Å². The van der Waals surface area contributed by atoms with E-state index in [9.17, 15) is 4.79 Å². The monoisotopic (exact) mass is 359 g/mol. The highest BCUT2D eigenvalue weighted by Gasteiger charge is 2.15. The SMILES string of the molecule is COc1ccc(CCC(=O)NC(Cc2ccccc2)c2ccccc2)cc1. The van der Waals surface area contributed by atoms with Gasteiger partial charge in [0.2, 0.25) is 5.91 Å². The molecule has 0 heterocycles. The smallest absolute Gasteiger partial charge is 0.220 e. The molecule has 3 nitrogen and oxygen atoms in total. The third-order valence-electron chi connectivity index (χ3n) is 4.62. The molecule has 0 saturated heterocycles. The van der Waals surface area contributed by atoms with Gasteiger partial charge in [0, 0.05) is 6.42 Å². The van der Waals surface area contributed by atoms with Gasteiger partial charge in [0.15, 0.2) is 0 Å². The normalized spacial score (nSPS) is 11.6. The molecule has 1 amide bonds. The summed E-state index contributed by atoms with van der Waals surface area (Å²) in [6.07, 6.45) is 1.95. The average molecular weight is 359 g/mol. The van der Waals surface area contributed by atoms with Crippen molar-refractivity contribution in [3.05, 3.63) is 102 Å². The molecule has 1 unspecified atom stereocenters. The van der Waals surface area contributed by atoms with Crippen LogP contribution >= 0.6 is 0 Å². The molecule has 0 spiro atoms. The number of benzene rings is 3. The summed E-state index contributed by atoms with van der Waals surface area (Å²) in [5.41, 5.74) is 3.46. The number of hydrogen-bond donors (Lipinski definition) is 1. The summed E-state index contributed by atoms with van der Waals surface area (Å²) in [7, 11) is 1.65. The average Bonchev–Trinajstić information content (AvgIpc) is 2.73. The first-order valence-corrected chi connectivity index (χ1v) is 9.26. The van der Waals surface area contributed by atoms with Crippen molar-refractivity contribution in [2.75, 3.05) is 7.11 Å². The van der Waals surface area contributed by atoms with E-state index < -0.39 is 0 Å². The van der Waals surface area contributed by atoms with Gasteiger partial charge in [-0.1, -0.05) is 72.8 Å². The maximum absolute atomic E-state index is 12.6. The third-order valence-corrected chi connectivity index (χ3v) is 4.62. The van der Waals surface area contributed by atoms with Crippen molar-refractivity contribution in [1.29, 1.82) is 0 Å². The number of amides is 1. The van der Waals surface area contributed by atoms with Crippen LogP contribution in [0.15, 0.2) is 84.9 Å². The minimum Gasteiger partial charge on any atom is -0.497 e. The maximum Gasteiger partial charge on any atom is 0.220 e. The van der Waals surface area contributed by atoms with Crippen molar-refractivity contribution in [2.24, 2.45) is 0 Å². The molecule has 3 rings (SSSR count). The Hall–Kier alpha value is -3.07. The van der Waals surface area contributed by atoms with Crippen molar-refractivity contribution >= 4 is 5.91 Å². The van der Waals surface area contributed by atoms with Crippen LogP contribution in [0.3, 0.4) is 0 Å². The van der Waals surface area contributed by atoms with Crippen molar-refractivity contribution in [1.82, 2.24) is 5.32 Å². The fourth-order valence-electron chi connectivity index (χ4n) is 3.10. The summed E-state index contributed by atoms with van der Waals surface area (Å²) in [6.45, 7) is 0. The number of ether oxygens (including phenoxy) is 1. The lowest BCUT2D eigenvalue weighted by Gasteiger charge is -2.19. The Kier molecular flexibility index (Phi) is 6.64. The summed E-state index contributed by atoms with van der Waals surface area (Å²) in [4.78, 5) is 12.6. The van der Waals surface area contributed by atoms with Gasteiger partial charge in [-0.15, -0.1) is 0 Å². The molecule has 3 aromatic carbocycles. The minimum atomic E-state index is -0.0306. The second-order valence-corrected chi connectivity index (χ2v) is 6.57. The molecule has 0 aliphatic carbocycles. The molecular formula is C24H25NO2. The van der Waals surface area contributed by atoms with Crippen LogP contribution in [-0.4, -0.2) is 13.0 Å². The molecule has 1 atom stereocenters. The molecule has 138 valence electrons. The number of rotatable bonds is 8. The summed E-state index contributed by atoms with van der Waals surface area (Å²) in [6, 6.07) is 28.2. The summed E-state index contributed by atoms with van der Waals surface area (Å²) < 4.78 is 5.17. The molecule has 0 bridgehead atoms. The van der Waals surface area contributed by atoms with Crippen molar-refractivity contribution in [3.8, 4) is 5.75 Å². The Bertz CT molecular complexity index is 829. The number of aryl methyl sites for hydroxylation is 1. The first kappa shape index (κ1) is 18.7. The van der Waals surface area contributed by atoms with E-state index in [1.807, 2.05) is 60.7 Å². The maximum atomic E-state index is 12.6. The Balaban J connectivity index is 1.63. The first-order chi connectivity index (χ1) is 13.2. The predicted molar refractivity (Wildman–Crippen MR) is 109 cm³/mol. The fraction of sp³-hybridized carbons (Fsp3) is 0.208. The van der Waals surface area contributed by atoms with Gasteiger partial charge < -0.3 is 10.1 Å². The van der Waals surface area contributed by atoms with Crippen LogP contribution < -0.4 is 10.1 Å². The summed E-state index contributed by atoms with van der Waals surface area (Å²) >= 11 is 0. The van der Waals surface area contributed by atoms with E-state index >= 15 is 0 Å². The lowest BCUT2D eigenvalue weighted by molar-refractivity contribution is -0.121. The van der Waals surface area contributed by atoms with Crippen LogP contribution in [0.1, 0.15) is 29.2 Å². The molecule has 0 aromatic heterocycles. The van der Waals surface area contributed by atoms with E-state index in [1.165, 1.54) is 5.56 Å². The number of hydrogen-bond acceptors (Lipinski definition) is 2. The molecule has 3 aromatic rings. The molecule has 0 radical (unpaired) electrons. The highest BCUT2D eigenvalue weighted by atomic mass is 16.5. The van der Waals surface area contributed by atoms with Crippen LogP contribution in [0.4, 0.5) is 0 Å². The predicted octanol–water partition coefficient (Wildman–Crippen LogP) is 4.73. The van der Waals surface area contributed by atoms with Crippen LogP contribution in [0.2, 0.25) is 0 Å². The summed E-state index contributed by atoms with van der Waals surface area (Å²) in [5.74, 6) is 0.894. The van der Waals surface area contributed by atoms with Gasteiger partial charge in [0.25, 0.3) is 0 Å². The zero-order valence-corrected chi connectivity index (χ0v) is 15.6. The minimum absolute atomic E-state index is 0.0306. The van der Waals surface area contributed by atoms with Gasteiger partial charge in [-0.25, -0.2) is 0 Å². The van der Waals surface area contributed by atoms with Gasteiger partial charge in [-0.05, 0) is 41.7 Å². The largest absolute Gasteiger partial charge is 0.497 e. The molecule has 3 heteroatoms. The first-order valence-electron chi connectivity index (χ1n) is 9.26. The molecule has 0 fully saturated rings. The van der Waals surface area contributed by atoms with Crippen LogP contribution in [0, 0.1) is 0 Å². The van der Waals surface area contributed by atoms with Gasteiger partial charge >= 0.3 is 0 Å². The highest BCUT2D eigenvalue weighted by Crippen LogP contribution is 2.19. The van der Waals surface area contributed by atoms with Crippen LogP contribution in [-0.2, 0) is 17.6 Å². The lowest BCUT2D eigenvalue weighted by Crippen LogP contribution is -2.30. The van der Waals surface area contributed by atoms with E-state index in [0.29, 0.717) is 12.8 Å². The quantitative estimate of drug-likeness (QED) is 0.631. The van der Waals surface area contributed by atoms with Gasteiger partial charge in [0.05, 0.1) is 13.2 Å². The molecular weight excluding hydrogens is 334 g/mol. The zero-order valence-electron chi connectivity index (χ0n) is 15.6. The second kappa shape index (κ2) is 9.58.